The van der Waals surface area contributed by atoms with Crippen LogP contribution in [0.2, 0.25) is 0 Å². The van der Waals surface area contributed by atoms with Crippen molar-refractivity contribution in [2.75, 3.05) is 18.1 Å². The maximum atomic E-state index is 9.12. The third kappa shape index (κ3) is 3.07. The summed E-state index contributed by atoms with van der Waals surface area (Å²) in [4.78, 5) is 0. The van der Waals surface area contributed by atoms with Crippen LogP contribution in [0.15, 0.2) is 18.2 Å². The lowest BCUT2D eigenvalue weighted by Crippen LogP contribution is -1.90. The molecule has 0 bridgehead atoms. The van der Waals surface area contributed by atoms with E-state index in [-0.39, 0.29) is 30.6 Å². The number of hydrogen-bond acceptors (Lipinski definition) is 3. The lowest BCUT2D eigenvalue weighted by molar-refractivity contribution is 0.477. The fraction of sp³-hybridized carbons (Fsp3) is 0.143. The number of nitrogens with one attached hydrogen (secondary N) is 1. The maximum absolute atomic E-state index is 9.12. The number of halogens is 2. The van der Waals surface area contributed by atoms with Crippen LogP contribution in [0, 0.1) is 0 Å². The first-order chi connectivity index (χ1) is 4.74. The molecule has 0 spiro atoms. The van der Waals surface area contributed by atoms with E-state index in [2.05, 4.69) is 5.32 Å². The average molecular weight is 211 g/mol. The van der Waals surface area contributed by atoms with Crippen LogP contribution < -0.4 is 11.1 Å². The van der Waals surface area contributed by atoms with Crippen molar-refractivity contribution in [3.63, 3.8) is 0 Å². The van der Waals surface area contributed by atoms with Gasteiger partial charge >= 0.3 is 0 Å². The molecular weight excluding hydrogens is 199 g/mol. The summed E-state index contributed by atoms with van der Waals surface area (Å²) in [5.41, 5.74) is 6.75. The van der Waals surface area contributed by atoms with Gasteiger partial charge in [-0.15, -0.1) is 24.8 Å². The molecule has 0 saturated carbocycles. The molecule has 0 heterocycles. The molecule has 1 aromatic carbocycles. The van der Waals surface area contributed by atoms with Crippen molar-refractivity contribution in [3.05, 3.63) is 18.2 Å². The molecule has 12 heavy (non-hydrogen) atoms. The largest absolute Gasteiger partial charge is 0.506 e. The van der Waals surface area contributed by atoms with Gasteiger partial charge in [-0.2, -0.15) is 0 Å². The molecule has 0 aromatic heterocycles. The van der Waals surface area contributed by atoms with E-state index in [1.807, 2.05) is 0 Å². The zero-order valence-electron chi connectivity index (χ0n) is 6.57. The highest BCUT2D eigenvalue weighted by molar-refractivity contribution is 5.85. The molecule has 4 N–H and O–H groups in total. The van der Waals surface area contributed by atoms with Crippen LogP contribution in [-0.4, -0.2) is 12.2 Å². The Balaban J connectivity index is 0. The standard InChI is InChI=1S/C7H10N2O.2ClH/c1-9-6-4-5(8)2-3-7(6)10;;/h2-4,9-10H,8H2,1H3;2*1H. The van der Waals surface area contributed by atoms with E-state index < -0.39 is 0 Å². The van der Waals surface area contributed by atoms with Gasteiger partial charge in [-0.05, 0) is 18.2 Å². The fourth-order valence-corrected chi connectivity index (χ4v) is 0.754. The van der Waals surface area contributed by atoms with E-state index in [1.165, 1.54) is 0 Å². The summed E-state index contributed by atoms with van der Waals surface area (Å²) < 4.78 is 0. The monoisotopic (exact) mass is 210 g/mol. The van der Waals surface area contributed by atoms with E-state index >= 15 is 0 Å². The van der Waals surface area contributed by atoms with Crippen molar-refractivity contribution in [2.45, 2.75) is 0 Å². The molecule has 0 aliphatic rings. The van der Waals surface area contributed by atoms with Gasteiger partial charge in [-0.3, -0.25) is 0 Å². The third-order valence-corrected chi connectivity index (χ3v) is 1.29. The molecule has 0 unspecified atom stereocenters. The van der Waals surface area contributed by atoms with Gasteiger partial charge in [0.1, 0.15) is 5.75 Å². The van der Waals surface area contributed by atoms with E-state index in [1.54, 1.807) is 25.2 Å². The Morgan fingerprint density at radius 1 is 1.33 bits per heavy atom. The Hall–Kier alpha value is -0.800. The Morgan fingerprint density at radius 2 is 1.92 bits per heavy atom. The number of phenols is 1. The number of anilines is 2. The van der Waals surface area contributed by atoms with E-state index in [0.29, 0.717) is 11.4 Å². The Morgan fingerprint density at radius 3 is 2.33 bits per heavy atom. The fourth-order valence-electron chi connectivity index (χ4n) is 0.754. The predicted octanol–water partition coefficient (Wildman–Crippen LogP) is 1.86. The van der Waals surface area contributed by atoms with Crippen molar-refractivity contribution >= 4 is 36.2 Å². The highest BCUT2D eigenvalue weighted by Crippen LogP contribution is 2.23. The number of nitrogens with two attached hydrogens (primary N) is 1. The van der Waals surface area contributed by atoms with Crippen LogP contribution in [0.5, 0.6) is 5.75 Å². The zero-order valence-corrected chi connectivity index (χ0v) is 8.21. The van der Waals surface area contributed by atoms with Crippen LogP contribution in [0.1, 0.15) is 0 Å². The molecule has 1 rings (SSSR count). The minimum atomic E-state index is 0. The Kier molecular flexibility index (Phi) is 6.65. The molecule has 0 fully saturated rings. The second-order valence-electron chi connectivity index (χ2n) is 2.03. The number of hydrogen-bond donors (Lipinski definition) is 3. The molecule has 0 radical (unpaired) electrons. The summed E-state index contributed by atoms with van der Waals surface area (Å²) in [6.45, 7) is 0. The number of nitrogen functional groups attached to an aromatic ring is 1. The number of phenolic OH excluding ortho intramolecular Hbond substituents is 1. The van der Waals surface area contributed by atoms with Crippen LogP contribution in [0.4, 0.5) is 11.4 Å². The van der Waals surface area contributed by atoms with Crippen LogP contribution in [0.25, 0.3) is 0 Å². The Labute approximate surface area is 83.8 Å². The van der Waals surface area contributed by atoms with Crippen LogP contribution in [-0.2, 0) is 0 Å². The highest BCUT2D eigenvalue weighted by Gasteiger charge is 1.96. The second-order valence-corrected chi connectivity index (χ2v) is 2.03. The number of benzene rings is 1. The molecule has 0 amide bonds. The second kappa shape index (κ2) is 5.80. The minimum absolute atomic E-state index is 0. The van der Waals surface area contributed by atoms with Crippen molar-refractivity contribution < 1.29 is 5.11 Å². The van der Waals surface area contributed by atoms with Gasteiger partial charge in [0.15, 0.2) is 0 Å². The van der Waals surface area contributed by atoms with Gasteiger partial charge in [-0.25, -0.2) is 0 Å². The van der Waals surface area contributed by atoms with E-state index in [9.17, 15) is 0 Å². The van der Waals surface area contributed by atoms with E-state index in [4.69, 9.17) is 10.8 Å². The molecule has 3 nitrogen and oxygen atoms in total. The SMILES string of the molecule is CNc1cc(N)ccc1O.Cl.Cl. The van der Waals surface area contributed by atoms with Crippen molar-refractivity contribution in [1.82, 2.24) is 0 Å². The quantitative estimate of drug-likeness (QED) is 0.377. The topological polar surface area (TPSA) is 58.3 Å². The molecule has 0 saturated heterocycles. The van der Waals surface area contributed by atoms with Gasteiger partial charge in [0.25, 0.3) is 0 Å². The first-order valence-electron chi connectivity index (χ1n) is 3.00. The van der Waals surface area contributed by atoms with Crippen molar-refractivity contribution in [3.8, 4) is 5.75 Å². The summed E-state index contributed by atoms with van der Waals surface area (Å²) in [7, 11) is 1.73. The van der Waals surface area contributed by atoms with Gasteiger partial charge in [0.05, 0.1) is 5.69 Å². The van der Waals surface area contributed by atoms with Crippen LogP contribution in [0.3, 0.4) is 0 Å². The summed E-state index contributed by atoms with van der Waals surface area (Å²) in [6.07, 6.45) is 0. The summed E-state index contributed by atoms with van der Waals surface area (Å²) in [6, 6.07) is 4.88. The first-order valence-corrected chi connectivity index (χ1v) is 3.00. The number of aromatic hydroxyl groups is 1. The summed E-state index contributed by atoms with van der Waals surface area (Å²) >= 11 is 0. The Bertz CT molecular complexity index is 243. The first kappa shape index (κ1) is 13.8. The highest BCUT2D eigenvalue weighted by atomic mass is 35.5. The molecule has 5 heteroatoms. The third-order valence-electron chi connectivity index (χ3n) is 1.29. The minimum Gasteiger partial charge on any atom is -0.506 e. The molecular formula is C7H12Cl2N2O. The maximum Gasteiger partial charge on any atom is 0.138 e. The molecule has 0 atom stereocenters. The van der Waals surface area contributed by atoms with Crippen LogP contribution >= 0.6 is 24.8 Å². The average Bonchev–Trinajstić information content (AvgIpc) is 1.94. The normalized spacial score (nSPS) is 7.75. The summed E-state index contributed by atoms with van der Waals surface area (Å²) in [5, 5.41) is 11.9. The molecule has 70 valence electrons. The van der Waals surface area contributed by atoms with E-state index in [0.717, 1.165) is 0 Å². The van der Waals surface area contributed by atoms with Crippen molar-refractivity contribution in [1.29, 1.82) is 0 Å². The zero-order chi connectivity index (χ0) is 7.56. The van der Waals surface area contributed by atoms with Gasteiger partial charge in [0.2, 0.25) is 0 Å². The molecule has 1 aromatic rings. The molecule has 0 aliphatic heterocycles. The van der Waals surface area contributed by atoms with Gasteiger partial charge < -0.3 is 16.2 Å². The summed E-state index contributed by atoms with van der Waals surface area (Å²) in [5.74, 6) is 0.219. The lowest BCUT2D eigenvalue weighted by atomic mass is 10.2. The smallest absolute Gasteiger partial charge is 0.138 e. The molecule has 0 aliphatic carbocycles. The van der Waals surface area contributed by atoms with Gasteiger partial charge in [0, 0.05) is 12.7 Å². The van der Waals surface area contributed by atoms with Gasteiger partial charge in [-0.1, -0.05) is 0 Å². The van der Waals surface area contributed by atoms with Crippen molar-refractivity contribution in [2.24, 2.45) is 0 Å². The lowest BCUT2D eigenvalue weighted by Gasteiger charge is -2.02. The number of rotatable bonds is 1. The predicted molar refractivity (Wildman–Crippen MR) is 56.6 cm³/mol.